The Kier molecular flexibility index (Phi) is 6.82. The highest BCUT2D eigenvalue weighted by molar-refractivity contribution is 5.68. The van der Waals surface area contributed by atoms with Crippen LogP contribution in [0.3, 0.4) is 0 Å². The van der Waals surface area contributed by atoms with E-state index in [0.29, 0.717) is 0 Å². The van der Waals surface area contributed by atoms with Crippen molar-refractivity contribution in [3.05, 3.63) is 0 Å². The lowest BCUT2D eigenvalue weighted by Gasteiger charge is -2.01. The average molecular weight is 137 g/mol. The van der Waals surface area contributed by atoms with E-state index >= 15 is 0 Å². The van der Waals surface area contributed by atoms with Gasteiger partial charge in [0.05, 0.1) is 6.54 Å². The first kappa shape index (κ1) is 11.2. The van der Waals surface area contributed by atoms with E-state index in [2.05, 4.69) is 5.32 Å². The molecule has 5 N–H and O–H groups in total. The van der Waals surface area contributed by atoms with Crippen molar-refractivity contribution in [1.82, 2.24) is 5.32 Å². The fourth-order valence-corrected chi connectivity index (χ4v) is 0.235. The van der Waals surface area contributed by atoms with E-state index in [0.717, 1.165) is 0 Å². The van der Waals surface area contributed by atoms with Crippen LogP contribution in [0.25, 0.3) is 0 Å². The van der Waals surface area contributed by atoms with Crippen LogP contribution in [0.2, 0.25) is 0 Å². The Morgan fingerprint density at radius 1 is 1.78 bits per heavy atom. The Bertz CT molecular complexity index is 82.6. The van der Waals surface area contributed by atoms with E-state index in [1.54, 1.807) is 0 Å². The monoisotopic (exact) mass is 137 g/mol. The number of aliphatic carboxylic acids is 1. The second kappa shape index (κ2) is 5.49. The van der Waals surface area contributed by atoms with Crippen LogP contribution >= 0.6 is 0 Å². The molecule has 5 nitrogen and oxygen atoms in total. The van der Waals surface area contributed by atoms with Gasteiger partial charge in [-0.2, -0.15) is 0 Å². The average Bonchev–Trinajstić information content (AvgIpc) is 1.61. The van der Waals surface area contributed by atoms with Crippen LogP contribution in [-0.2, 0) is 4.79 Å². The number of carboxylic acid groups (broad SMARTS) is 1. The molecule has 1 unspecified atom stereocenters. The molecule has 0 aliphatic carbocycles. The summed E-state index contributed by atoms with van der Waals surface area (Å²) in [6.45, 7) is 1.26. The molecule has 0 saturated heterocycles. The minimum Gasteiger partial charge on any atom is -0.480 e. The number of rotatable bonds is 3. The van der Waals surface area contributed by atoms with Crippen molar-refractivity contribution >= 4 is 5.97 Å². The zero-order valence-electron chi connectivity index (χ0n) is 5.09. The van der Waals surface area contributed by atoms with Crippen LogP contribution in [0.5, 0.6) is 0 Å². The molecule has 56 valence electrons. The van der Waals surface area contributed by atoms with Crippen molar-refractivity contribution in [2.24, 2.45) is 0 Å². The molecule has 0 aliphatic rings. The quantitative estimate of drug-likeness (QED) is 0.398. The summed E-state index contributed by atoms with van der Waals surface area (Å²) in [4.78, 5) is 9.73. The topological polar surface area (TPSA) is 101 Å². The lowest BCUT2D eigenvalue weighted by Crippen LogP contribution is -2.30. The Hall–Kier alpha value is -0.650. The second-order valence-corrected chi connectivity index (χ2v) is 1.45. The number of aliphatic hydroxyl groups excluding tert-OH is 1. The van der Waals surface area contributed by atoms with Crippen LogP contribution in [0.1, 0.15) is 6.92 Å². The van der Waals surface area contributed by atoms with Crippen molar-refractivity contribution < 1.29 is 20.5 Å². The smallest absolute Gasteiger partial charge is 0.317 e. The van der Waals surface area contributed by atoms with Crippen molar-refractivity contribution in [2.75, 3.05) is 6.54 Å². The maximum atomic E-state index is 9.73. The van der Waals surface area contributed by atoms with E-state index in [1.807, 2.05) is 0 Å². The Labute approximate surface area is 52.6 Å². The van der Waals surface area contributed by atoms with Gasteiger partial charge in [-0.25, -0.2) is 0 Å². The zero-order chi connectivity index (χ0) is 6.57. The largest absolute Gasteiger partial charge is 0.480 e. The van der Waals surface area contributed by atoms with Gasteiger partial charge in [-0.05, 0) is 6.92 Å². The summed E-state index contributed by atoms with van der Waals surface area (Å²) in [5.41, 5.74) is 0. The molecule has 0 aromatic carbocycles. The van der Waals surface area contributed by atoms with Crippen molar-refractivity contribution in [1.29, 1.82) is 0 Å². The van der Waals surface area contributed by atoms with E-state index in [9.17, 15) is 4.79 Å². The van der Waals surface area contributed by atoms with Gasteiger partial charge in [0.15, 0.2) is 0 Å². The third kappa shape index (κ3) is 11.1. The zero-order valence-corrected chi connectivity index (χ0v) is 5.09. The summed E-state index contributed by atoms with van der Waals surface area (Å²) in [5.74, 6) is -0.967. The number of carbonyl (C=O) groups is 1. The van der Waals surface area contributed by atoms with Crippen molar-refractivity contribution in [2.45, 2.75) is 13.2 Å². The second-order valence-electron chi connectivity index (χ2n) is 1.45. The summed E-state index contributed by atoms with van der Waals surface area (Å²) in [5, 5.41) is 18.7. The summed E-state index contributed by atoms with van der Waals surface area (Å²) in [7, 11) is 0. The number of carboxylic acids is 1. The third-order valence-corrected chi connectivity index (χ3v) is 0.549. The minimum absolute atomic E-state index is 0. The number of aliphatic hydroxyl groups is 1. The maximum absolute atomic E-state index is 9.73. The Balaban J connectivity index is 0. The van der Waals surface area contributed by atoms with Gasteiger partial charge < -0.3 is 15.7 Å². The molecular formula is C4H11NO4. The molecule has 0 aromatic rings. The highest BCUT2D eigenvalue weighted by Crippen LogP contribution is 1.68. The molecule has 0 bridgehead atoms. The Morgan fingerprint density at radius 2 is 2.22 bits per heavy atom. The number of hydrogen-bond donors (Lipinski definition) is 3. The molecular weight excluding hydrogens is 126 g/mol. The molecule has 0 radical (unpaired) electrons. The van der Waals surface area contributed by atoms with Gasteiger partial charge in [0, 0.05) is 0 Å². The fourth-order valence-electron chi connectivity index (χ4n) is 0.235. The van der Waals surface area contributed by atoms with Gasteiger partial charge in [0.25, 0.3) is 0 Å². The molecule has 0 rings (SSSR count). The van der Waals surface area contributed by atoms with Gasteiger partial charge in [-0.3, -0.25) is 10.1 Å². The van der Waals surface area contributed by atoms with E-state index in [1.165, 1.54) is 6.92 Å². The van der Waals surface area contributed by atoms with Crippen LogP contribution in [-0.4, -0.2) is 34.4 Å². The normalized spacial score (nSPS) is 11.8. The molecule has 0 heterocycles. The molecule has 9 heavy (non-hydrogen) atoms. The van der Waals surface area contributed by atoms with Crippen LogP contribution in [0.4, 0.5) is 0 Å². The predicted octanol–water partition coefficient (Wildman–Crippen LogP) is -1.83. The van der Waals surface area contributed by atoms with Crippen molar-refractivity contribution in [3.63, 3.8) is 0 Å². The molecule has 0 fully saturated rings. The molecule has 0 aromatic heterocycles. The highest BCUT2D eigenvalue weighted by atomic mass is 16.4. The van der Waals surface area contributed by atoms with E-state index in [-0.39, 0.29) is 12.0 Å². The molecule has 1 atom stereocenters. The lowest BCUT2D eigenvalue weighted by molar-refractivity contribution is -0.136. The first-order chi connectivity index (χ1) is 3.63. The molecule has 0 spiro atoms. The van der Waals surface area contributed by atoms with Gasteiger partial charge in [-0.15, -0.1) is 0 Å². The van der Waals surface area contributed by atoms with Crippen LogP contribution < -0.4 is 5.32 Å². The SMILES string of the molecule is CC(O)NCC(=O)O.O. The first-order valence-corrected chi connectivity index (χ1v) is 2.26. The van der Waals surface area contributed by atoms with Gasteiger partial charge in [-0.1, -0.05) is 0 Å². The van der Waals surface area contributed by atoms with Crippen molar-refractivity contribution in [3.8, 4) is 0 Å². The number of hydrogen-bond acceptors (Lipinski definition) is 3. The fraction of sp³-hybridized carbons (Fsp3) is 0.750. The summed E-state index contributed by atoms with van der Waals surface area (Å²) in [6, 6.07) is 0. The standard InChI is InChI=1S/C4H9NO3.H2O/c1-3(6)5-2-4(7)8;/h3,5-6H,2H2,1H3,(H,7,8);1H2. The predicted molar refractivity (Wildman–Crippen MR) is 30.9 cm³/mol. The van der Waals surface area contributed by atoms with Crippen LogP contribution in [0, 0.1) is 0 Å². The molecule has 0 amide bonds. The van der Waals surface area contributed by atoms with Gasteiger partial charge in [0.2, 0.25) is 0 Å². The minimum atomic E-state index is -0.967. The lowest BCUT2D eigenvalue weighted by atomic mass is 10.6. The summed E-state index contributed by atoms with van der Waals surface area (Å²) >= 11 is 0. The first-order valence-electron chi connectivity index (χ1n) is 2.26. The summed E-state index contributed by atoms with van der Waals surface area (Å²) < 4.78 is 0. The number of nitrogens with one attached hydrogen (secondary N) is 1. The molecule has 5 heteroatoms. The summed E-state index contributed by atoms with van der Waals surface area (Å²) in [6.07, 6.45) is -0.744. The maximum Gasteiger partial charge on any atom is 0.317 e. The molecule has 0 saturated carbocycles. The third-order valence-electron chi connectivity index (χ3n) is 0.549. The van der Waals surface area contributed by atoms with Gasteiger partial charge in [0.1, 0.15) is 6.23 Å². The van der Waals surface area contributed by atoms with Crippen LogP contribution in [0.15, 0.2) is 0 Å². The van der Waals surface area contributed by atoms with Gasteiger partial charge >= 0.3 is 5.97 Å². The van der Waals surface area contributed by atoms with E-state index in [4.69, 9.17) is 10.2 Å². The Morgan fingerprint density at radius 3 is 2.33 bits per heavy atom. The molecule has 0 aliphatic heterocycles. The highest BCUT2D eigenvalue weighted by Gasteiger charge is 1.96. The van der Waals surface area contributed by atoms with E-state index < -0.39 is 12.2 Å².